The molecule has 110 valence electrons. The molecule has 0 aliphatic carbocycles. The number of nitrogens with zero attached hydrogens (tertiary/aromatic N) is 1. The average molecular weight is 392 g/mol. The van der Waals surface area contributed by atoms with Crippen molar-refractivity contribution in [2.24, 2.45) is 0 Å². The fourth-order valence-electron chi connectivity index (χ4n) is 2.75. The van der Waals surface area contributed by atoms with Crippen LogP contribution in [0.4, 0.5) is 11.4 Å². The summed E-state index contributed by atoms with van der Waals surface area (Å²) in [6.07, 6.45) is 4.04. The molecule has 1 aliphatic rings. The van der Waals surface area contributed by atoms with Crippen LogP contribution in [-0.4, -0.2) is 13.1 Å². The molecule has 1 N–H and O–H groups in total. The van der Waals surface area contributed by atoms with Crippen LogP contribution in [0.3, 0.4) is 0 Å². The number of anilines is 2. The summed E-state index contributed by atoms with van der Waals surface area (Å²) in [7, 11) is 0. The SMILES string of the molecule is Ic1ccc(NCc2ccc(N3CCCCC3)cc2)cc1. The molecule has 21 heavy (non-hydrogen) atoms. The van der Waals surface area contributed by atoms with Crippen LogP contribution in [0.25, 0.3) is 0 Å². The van der Waals surface area contributed by atoms with Crippen LogP contribution >= 0.6 is 22.6 Å². The molecule has 0 bridgehead atoms. The minimum absolute atomic E-state index is 0.876. The van der Waals surface area contributed by atoms with Gasteiger partial charge < -0.3 is 10.2 Å². The second-order valence-electron chi connectivity index (χ2n) is 5.57. The highest BCUT2D eigenvalue weighted by Crippen LogP contribution is 2.20. The molecule has 1 fully saturated rings. The molecule has 1 saturated heterocycles. The minimum Gasteiger partial charge on any atom is -0.381 e. The average Bonchev–Trinajstić information content (AvgIpc) is 2.56. The molecular weight excluding hydrogens is 371 g/mol. The van der Waals surface area contributed by atoms with Gasteiger partial charge in [-0.15, -0.1) is 0 Å². The number of hydrogen-bond acceptors (Lipinski definition) is 2. The lowest BCUT2D eigenvalue weighted by atomic mass is 10.1. The fourth-order valence-corrected chi connectivity index (χ4v) is 3.11. The van der Waals surface area contributed by atoms with E-state index in [4.69, 9.17) is 0 Å². The third-order valence-corrected chi connectivity index (χ3v) is 4.72. The largest absolute Gasteiger partial charge is 0.381 e. The highest BCUT2D eigenvalue weighted by atomic mass is 127. The maximum Gasteiger partial charge on any atom is 0.0400 e. The van der Waals surface area contributed by atoms with E-state index in [1.54, 1.807) is 0 Å². The van der Waals surface area contributed by atoms with Gasteiger partial charge in [-0.25, -0.2) is 0 Å². The van der Waals surface area contributed by atoms with E-state index in [-0.39, 0.29) is 0 Å². The van der Waals surface area contributed by atoms with E-state index >= 15 is 0 Å². The molecular formula is C18H21IN2. The molecule has 1 aliphatic heterocycles. The van der Waals surface area contributed by atoms with Gasteiger partial charge in [-0.05, 0) is 83.8 Å². The third-order valence-electron chi connectivity index (χ3n) is 4.00. The first-order valence-electron chi connectivity index (χ1n) is 7.64. The number of halogens is 1. The summed E-state index contributed by atoms with van der Waals surface area (Å²) in [5.74, 6) is 0. The molecule has 0 amide bonds. The van der Waals surface area contributed by atoms with Crippen molar-refractivity contribution in [3.05, 3.63) is 57.7 Å². The van der Waals surface area contributed by atoms with Crippen molar-refractivity contribution in [1.29, 1.82) is 0 Å². The summed E-state index contributed by atoms with van der Waals surface area (Å²) in [4.78, 5) is 2.50. The van der Waals surface area contributed by atoms with E-state index < -0.39 is 0 Å². The van der Waals surface area contributed by atoms with Crippen LogP contribution in [0.2, 0.25) is 0 Å². The lowest BCUT2D eigenvalue weighted by molar-refractivity contribution is 0.578. The van der Waals surface area contributed by atoms with Crippen LogP contribution in [-0.2, 0) is 6.54 Å². The van der Waals surface area contributed by atoms with E-state index in [2.05, 4.69) is 81.3 Å². The molecule has 0 atom stereocenters. The summed E-state index contributed by atoms with van der Waals surface area (Å²) in [6.45, 7) is 3.29. The number of hydrogen-bond donors (Lipinski definition) is 1. The molecule has 0 saturated carbocycles. The van der Waals surface area contributed by atoms with Gasteiger partial charge in [-0.1, -0.05) is 12.1 Å². The van der Waals surface area contributed by atoms with E-state index in [0.717, 1.165) is 6.54 Å². The number of rotatable bonds is 4. The second kappa shape index (κ2) is 7.16. The predicted molar refractivity (Wildman–Crippen MR) is 99.0 cm³/mol. The Kier molecular flexibility index (Phi) is 5.01. The zero-order chi connectivity index (χ0) is 14.5. The second-order valence-corrected chi connectivity index (χ2v) is 6.82. The Morgan fingerprint density at radius 3 is 2.19 bits per heavy atom. The van der Waals surface area contributed by atoms with Gasteiger partial charge in [0.1, 0.15) is 0 Å². The van der Waals surface area contributed by atoms with Crippen LogP contribution in [0, 0.1) is 3.57 Å². The first-order chi connectivity index (χ1) is 10.3. The summed E-state index contributed by atoms with van der Waals surface area (Å²) in [5, 5.41) is 3.47. The zero-order valence-electron chi connectivity index (χ0n) is 12.2. The van der Waals surface area contributed by atoms with Crippen molar-refractivity contribution in [1.82, 2.24) is 0 Å². The van der Waals surface area contributed by atoms with Crippen molar-refractivity contribution in [3.8, 4) is 0 Å². The van der Waals surface area contributed by atoms with Crippen molar-refractivity contribution in [2.75, 3.05) is 23.3 Å². The van der Waals surface area contributed by atoms with Gasteiger partial charge in [-0.2, -0.15) is 0 Å². The number of nitrogens with one attached hydrogen (secondary N) is 1. The fraction of sp³-hybridized carbons (Fsp3) is 0.333. The van der Waals surface area contributed by atoms with Gasteiger partial charge in [-0.3, -0.25) is 0 Å². The van der Waals surface area contributed by atoms with Crippen molar-refractivity contribution < 1.29 is 0 Å². The zero-order valence-corrected chi connectivity index (χ0v) is 14.3. The number of piperidine rings is 1. The standard InChI is InChI=1S/C18H21IN2/c19-16-6-8-17(9-7-16)20-14-15-4-10-18(11-5-15)21-12-2-1-3-13-21/h4-11,20H,1-3,12-14H2. The molecule has 0 aromatic heterocycles. The topological polar surface area (TPSA) is 15.3 Å². The predicted octanol–water partition coefficient (Wildman–Crippen LogP) is 4.89. The summed E-state index contributed by atoms with van der Waals surface area (Å²) in [5.41, 5.74) is 3.87. The Balaban J connectivity index is 1.57. The molecule has 2 nitrogen and oxygen atoms in total. The van der Waals surface area contributed by atoms with Crippen LogP contribution in [0.5, 0.6) is 0 Å². The highest BCUT2D eigenvalue weighted by molar-refractivity contribution is 14.1. The Bertz CT molecular complexity index is 557. The van der Waals surface area contributed by atoms with Gasteiger partial charge in [0.05, 0.1) is 0 Å². The van der Waals surface area contributed by atoms with Crippen molar-refractivity contribution in [3.63, 3.8) is 0 Å². The molecule has 0 radical (unpaired) electrons. The molecule has 2 aromatic carbocycles. The quantitative estimate of drug-likeness (QED) is 0.746. The smallest absolute Gasteiger partial charge is 0.0400 e. The maximum absolute atomic E-state index is 3.47. The first-order valence-corrected chi connectivity index (χ1v) is 8.72. The molecule has 0 spiro atoms. The summed E-state index contributed by atoms with van der Waals surface area (Å²) >= 11 is 2.33. The molecule has 0 unspecified atom stereocenters. The van der Waals surface area contributed by atoms with Gasteiger partial charge in [0, 0.05) is 34.6 Å². The Morgan fingerprint density at radius 1 is 0.857 bits per heavy atom. The first kappa shape index (κ1) is 14.7. The van der Waals surface area contributed by atoms with Crippen molar-refractivity contribution >= 4 is 34.0 Å². The van der Waals surface area contributed by atoms with E-state index in [1.807, 2.05) is 0 Å². The summed E-state index contributed by atoms with van der Waals surface area (Å²) < 4.78 is 1.27. The third kappa shape index (κ3) is 4.13. The van der Waals surface area contributed by atoms with Gasteiger partial charge in [0.25, 0.3) is 0 Å². The monoisotopic (exact) mass is 392 g/mol. The Morgan fingerprint density at radius 2 is 1.52 bits per heavy atom. The van der Waals surface area contributed by atoms with Gasteiger partial charge >= 0.3 is 0 Å². The van der Waals surface area contributed by atoms with E-state index in [0.29, 0.717) is 0 Å². The number of benzene rings is 2. The minimum atomic E-state index is 0.876. The molecule has 3 rings (SSSR count). The normalized spacial score (nSPS) is 15.0. The van der Waals surface area contributed by atoms with Crippen molar-refractivity contribution in [2.45, 2.75) is 25.8 Å². The molecule has 3 heteroatoms. The molecule has 2 aromatic rings. The maximum atomic E-state index is 3.47. The highest BCUT2D eigenvalue weighted by Gasteiger charge is 2.10. The van der Waals surface area contributed by atoms with Gasteiger partial charge in [0.15, 0.2) is 0 Å². The van der Waals surface area contributed by atoms with Crippen LogP contribution in [0.1, 0.15) is 24.8 Å². The van der Waals surface area contributed by atoms with Gasteiger partial charge in [0.2, 0.25) is 0 Å². The van der Waals surface area contributed by atoms with E-state index in [9.17, 15) is 0 Å². The molecule has 1 heterocycles. The van der Waals surface area contributed by atoms with Crippen LogP contribution in [0.15, 0.2) is 48.5 Å². The lowest BCUT2D eigenvalue weighted by Gasteiger charge is -2.28. The van der Waals surface area contributed by atoms with E-state index in [1.165, 1.54) is 52.9 Å². The van der Waals surface area contributed by atoms with Crippen LogP contribution < -0.4 is 10.2 Å². The summed E-state index contributed by atoms with van der Waals surface area (Å²) in [6, 6.07) is 17.5. The Labute approximate surface area is 140 Å². The Hall–Kier alpha value is -1.23. The lowest BCUT2D eigenvalue weighted by Crippen LogP contribution is -2.29.